The molecule has 7 nitrogen and oxygen atoms in total. The predicted molar refractivity (Wildman–Crippen MR) is 129 cm³/mol. The number of aliphatic hydroxyl groups excluding tert-OH is 1. The van der Waals surface area contributed by atoms with Gasteiger partial charge in [0, 0.05) is 25.1 Å². The first-order valence-electron chi connectivity index (χ1n) is 12.2. The van der Waals surface area contributed by atoms with E-state index in [1.54, 1.807) is 11.7 Å². The zero-order valence-corrected chi connectivity index (χ0v) is 20.8. The molecule has 3 rings (SSSR count). The highest BCUT2D eigenvalue weighted by molar-refractivity contribution is 6.01. The van der Waals surface area contributed by atoms with Crippen molar-refractivity contribution in [1.29, 1.82) is 0 Å². The number of methoxy groups -OCH3 is 1. The molecular weight excluding hydrogens is 418 g/mol. The highest BCUT2D eigenvalue weighted by atomic mass is 16.5. The summed E-state index contributed by atoms with van der Waals surface area (Å²) in [6, 6.07) is 5.58. The van der Waals surface area contributed by atoms with Gasteiger partial charge in [0.15, 0.2) is 5.82 Å². The number of carbonyl (C=O) groups excluding carboxylic acids is 2. The van der Waals surface area contributed by atoms with E-state index in [1.165, 1.54) is 0 Å². The van der Waals surface area contributed by atoms with Crippen molar-refractivity contribution >= 4 is 22.7 Å². The highest BCUT2D eigenvalue weighted by Crippen LogP contribution is 2.41. The summed E-state index contributed by atoms with van der Waals surface area (Å²) < 4.78 is 7.28. The molecule has 0 radical (unpaired) electrons. The number of nitrogens with zero attached hydrogens (tertiary/aromatic N) is 3. The number of hydrogen-bond donors (Lipinski definition) is 1. The number of benzene rings is 1. The average molecular weight is 458 g/mol. The molecule has 1 saturated carbocycles. The minimum Gasteiger partial charge on any atom is -0.494 e. The Kier molecular flexibility index (Phi) is 8.16. The summed E-state index contributed by atoms with van der Waals surface area (Å²) in [6.45, 7) is 9.85. The van der Waals surface area contributed by atoms with Gasteiger partial charge >= 0.3 is 0 Å². The smallest absolute Gasteiger partial charge is 0.242 e. The maximum atomic E-state index is 13.8. The molecule has 7 heteroatoms. The molecule has 0 spiro atoms. The van der Waals surface area contributed by atoms with Crippen LogP contribution in [0.4, 0.5) is 0 Å². The number of rotatable bonds is 10. The fourth-order valence-electron chi connectivity index (χ4n) is 4.72. The summed E-state index contributed by atoms with van der Waals surface area (Å²) >= 11 is 0. The lowest BCUT2D eigenvalue weighted by molar-refractivity contribution is -0.131. The topological polar surface area (TPSA) is 84.7 Å². The Bertz CT molecular complexity index is 973. The largest absolute Gasteiger partial charge is 0.494 e. The molecule has 1 N–H and O–H groups in total. The second kappa shape index (κ2) is 10.7. The van der Waals surface area contributed by atoms with Gasteiger partial charge in [0.1, 0.15) is 17.8 Å². The quantitative estimate of drug-likeness (QED) is 0.538. The molecule has 1 fully saturated rings. The van der Waals surface area contributed by atoms with Gasteiger partial charge in [-0.05, 0) is 63.0 Å². The third-order valence-corrected chi connectivity index (χ3v) is 7.18. The van der Waals surface area contributed by atoms with Crippen LogP contribution in [-0.2, 0) is 11.3 Å². The van der Waals surface area contributed by atoms with Crippen LogP contribution in [0.5, 0.6) is 5.75 Å². The van der Waals surface area contributed by atoms with Gasteiger partial charge in [0.2, 0.25) is 11.7 Å². The van der Waals surface area contributed by atoms with E-state index in [2.05, 4.69) is 13.8 Å². The van der Waals surface area contributed by atoms with E-state index in [0.717, 1.165) is 24.8 Å². The number of hydrogen-bond acceptors (Lipinski definition) is 5. The summed E-state index contributed by atoms with van der Waals surface area (Å²) in [6.07, 6.45) is 4.00. The third-order valence-electron chi connectivity index (χ3n) is 7.18. The Balaban J connectivity index is 1.98. The molecular formula is C26H39N3O4. The van der Waals surface area contributed by atoms with E-state index in [4.69, 9.17) is 9.72 Å². The monoisotopic (exact) mass is 457 g/mol. The maximum Gasteiger partial charge on any atom is 0.242 e. The molecule has 1 aliphatic carbocycles. The van der Waals surface area contributed by atoms with Crippen molar-refractivity contribution in [3.8, 4) is 5.75 Å². The van der Waals surface area contributed by atoms with Gasteiger partial charge in [-0.25, -0.2) is 4.98 Å². The standard InChI is InChI=1S/C26H39N3O4/c1-6-28(15-12-18(2)3)22(31)16-29-20-8-7-9-21(33-5)23(20)27-25(29)24(32)26(4)13-10-19(17-30)11-14-26/h7-9,18-19,30H,6,10-17H2,1-5H3. The highest BCUT2D eigenvalue weighted by Gasteiger charge is 2.40. The Morgan fingerprint density at radius 2 is 2.00 bits per heavy atom. The fourth-order valence-corrected chi connectivity index (χ4v) is 4.72. The number of carbonyl (C=O) groups is 2. The van der Waals surface area contributed by atoms with Crippen molar-refractivity contribution < 1.29 is 19.4 Å². The number of para-hydroxylation sites is 1. The van der Waals surface area contributed by atoms with Crippen molar-refractivity contribution in [1.82, 2.24) is 14.5 Å². The first-order valence-corrected chi connectivity index (χ1v) is 12.2. The number of Topliss-reactive ketones (excluding diaryl/α,β-unsaturated/α-hetero) is 1. The molecule has 1 aliphatic rings. The Hall–Kier alpha value is -2.41. The summed E-state index contributed by atoms with van der Waals surface area (Å²) in [5.41, 5.74) is 0.788. The second-order valence-corrected chi connectivity index (χ2v) is 10.0. The number of fused-ring (bicyclic) bond motifs is 1. The van der Waals surface area contributed by atoms with Crippen LogP contribution >= 0.6 is 0 Å². The maximum absolute atomic E-state index is 13.8. The lowest BCUT2D eigenvalue weighted by atomic mass is 9.69. The van der Waals surface area contributed by atoms with Crippen LogP contribution in [0, 0.1) is 17.3 Å². The summed E-state index contributed by atoms with van der Waals surface area (Å²) in [5, 5.41) is 9.51. The first kappa shape index (κ1) is 25.2. The first-order chi connectivity index (χ1) is 15.7. The van der Waals surface area contributed by atoms with Crippen LogP contribution in [-0.4, -0.2) is 58.1 Å². The van der Waals surface area contributed by atoms with Crippen molar-refractivity contribution in [2.75, 3.05) is 26.8 Å². The summed E-state index contributed by atoms with van der Waals surface area (Å²) in [7, 11) is 1.59. The van der Waals surface area contributed by atoms with Crippen molar-refractivity contribution in [2.45, 2.75) is 66.3 Å². The third kappa shape index (κ3) is 5.40. The fraction of sp³-hybridized carbons (Fsp3) is 0.654. The van der Waals surface area contributed by atoms with Gasteiger partial charge in [-0.3, -0.25) is 9.59 Å². The molecule has 2 aromatic rings. The number of ether oxygens (including phenoxy) is 1. The zero-order valence-electron chi connectivity index (χ0n) is 20.8. The van der Waals surface area contributed by atoms with Gasteiger partial charge in [0.05, 0.1) is 12.6 Å². The lowest BCUT2D eigenvalue weighted by Gasteiger charge is -2.35. The number of imidazole rings is 1. The number of aromatic nitrogens is 2. The van der Waals surface area contributed by atoms with E-state index in [9.17, 15) is 14.7 Å². The SMILES string of the molecule is CCN(CCC(C)C)C(=O)Cn1c(C(=O)C2(C)CCC(CO)CC2)nc2c(OC)cccc21. The number of amides is 1. The van der Waals surface area contributed by atoms with Crippen LogP contribution < -0.4 is 4.74 Å². The molecule has 1 heterocycles. The van der Waals surface area contributed by atoms with E-state index < -0.39 is 5.41 Å². The average Bonchev–Trinajstić information content (AvgIpc) is 3.17. The lowest BCUT2D eigenvalue weighted by Crippen LogP contribution is -2.38. The Morgan fingerprint density at radius 3 is 2.58 bits per heavy atom. The minimum absolute atomic E-state index is 0.0107. The van der Waals surface area contributed by atoms with E-state index in [-0.39, 0.29) is 30.8 Å². The van der Waals surface area contributed by atoms with Crippen LogP contribution in [0.2, 0.25) is 0 Å². The summed E-state index contributed by atoms with van der Waals surface area (Å²) in [5.74, 6) is 1.64. The normalized spacial score (nSPS) is 20.9. The predicted octanol–water partition coefficient (Wildman–Crippen LogP) is 4.31. The number of aliphatic hydroxyl groups is 1. The van der Waals surface area contributed by atoms with Gasteiger partial charge in [-0.2, -0.15) is 0 Å². The summed E-state index contributed by atoms with van der Waals surface area (Å²) in [4.78, 5) is 33.7. The van der Waals surface area contributed by atoms with Crippen molar-refractivity contribution in [3.63, 3.8) is 0 Å². The van der Waals surface area contributed by atoms with Gasteiger partial charge in [0.25, 0.3) is 0 Å². The number of ketones is 1. The van der Waals surface area contributed by atoms with Crippen molar-refractivity contribution in [2.24, 2.45) is 17.3 Å². The van der Waals surface area contributed by atoms with Crippen LogP contribution in [0.25, 0.3) is 11.0 Å². The zero-order chi connectivity index (χ0) is 24.2. The molecule has 1 amide bonds. The van der Waals surface area contributed by atoms with Gasteiger partial charge in [-0.1, -0.05) is 26.8 Å². The molecule has 0 bridgehead atoms. The van der Waals surface area contributed by atoms with Gasteiger partial charge in [-0.15, -0.1) is 0 Å². The van der Waals surface area contributed by atoms with Crippen LogP contribution in [0.15, 0.2) is 18.2 Å². The number of likely N-dealkylation sites (N-methyl/N-ethyl adjacent to an activating group) is 1. The Morgan fingerprint density at radius 1 is 1.30 bits per heavy atom. The molecule has 0 unspecified atom stereocenters. The van der Waals surface area contributed by atoms with E-state index >= 15 is 0 Å². The molecule has 182 valence electrons. The Labute approximate surface area is 197 Å². The van der Waals surface area contributed by atoms with E-state index in [1.807, 2.05) is 36.9 Å². The second-order valence-electron chi connectivity index (χ2n) is 10.0. The minimum atomic E-state index is -0.552. The molecule has 1 aromatic carbocycles. The van der Waals surface area contributed by atoms with Gasteiger partial charge < -0.3 is 19.3 Å². The van der Waals surface area contributed by atoms with Crippen molar-refractivity contribution in [3.05, 3.63) is 24.0 Å². The molecule has 33 heavy (non-hydrogen) atoms. The molecule has 0 aliphatic heterocycles. The molecule has 0 saturated heterocycles. The van der Waals surface area contributed by atoms with Crippen LogP contribution in [0.1, 0.15) is 70.4 Å². The van der Waals surface area contributed by atoms with E-state index in [0.29, 0.717) is 48.9 Å². The molecule has 0 atom stereocenters. The molecule has 1 aromatic heterocycles. The van der Waals surface area contributed by atoms with Crippen LogP contribution in [0.3, 0.4) is 0 Å².